The lowest BCUT2D eigenvalue weighted by Gasteiger charge is -2.10. The summed E-state index contributed by atoms with van der Waals surface area (Å²) in [6.07, 6.45) is -5.10. The Labute approximate surface area is 108 Å². The Morgan fingerprint density at radius 3 is 2.53 bits per heavy atom. The first-order valence-electron chi connectivity index (χ1n) is 5.56. The van der Waals surface area contributed by atoms with E-state index < -0.39 is 26.8 Å². The van der Waals surface area contributed by atoms with Gasteiger partial charge in [-0.3, -0.25) is 4.79 Å². The van der Waals surface area contributed by atoms with Crippen molar-refractivity contribution in [3.8, 4) is 0 Å². The first kappa shape index (κ1) is 14.0. The molecule has 104 valence electrons. The number of alkyl halides is 3. The molecule has 0 saturated heterocycles. The van der Waals surface area contributed by atoms with Crippen LogP contribution < -0.4 is 0 Å². The molecule has 0 aliphatic carbocycles. The number of benzene rings is 1. The van der Waals surface area contributed by atoms with Gasteiger partial charge in [0.15, 0.2) is 9.84 Å². The van der Waals surface area contributed by atoms with Gasteiger partial charge in [-0.05, 0) is 31.0 Å². The van der Waals surface area contributed by atoms with Crippen LogP contribution in [0.25, 0.3) is 0 Å². The Morgan fingerprint density at radius 2 is 2.00 bits per heavy atom. The van der Waals surface area contributed by atoms with Crippen LogP contribution in [0.3, 0.4) is 0 Å². The predicted octanol–water partition coefficient (Wildman–Crippen LogP) is 2.38. The normalized spacial score (nSPS) is 21.2. The van der Waals surface area contributed by atoms with Crippen LogP contribution in [0.15, 0.2) is 23.1 Å². The molecule has 1 aliphatic rings. The number of halogens is 3. The van der Waals surface area contributed by atoms with Crippen molar-refractivity contribution in [1.82, 2.24) is 0 Å². The average molecular weight is 292 g/mol. The first-order chi connectivity index (χ1) is 8.64. The molecular weight excluding hydrogens is 281 g/mol. The summed E-state index contributed by atoms with van der Waals surface area (Å²) in [5.74, 6) is -0.352. The smallest absolute Gasteiger partial charge is 0.300 e. The van der Waals surface area contributed by atoms with Crippen LogP contribution in [0.2, 0.25) is 0 Å². The summed E-state index contributed by atoms with van der Waals surface area (Å²) in [4.78, 5) is 10.7. The van der Waals surface area contributed by atoms with Crippen molar-refractivity contribution in [1.29, 1.82) is 0 Å². The molecule has 3 nitrogen and oxygen atoms in total. The number of fused-ring (bicyclic) bond motifs is 1. The Bertz CT molecular complexity index is 632. The van der Waals surface area contributed by atoms with Gasteiger partial charge in [-0.1, -0.05) is 6.07 Å². The van der Waals surface area contributed by atoms with Gasteiger partial charge in [-0.2, -0.15) is 13.2 Å². The molecule has 1 heterocycles. The van der Waals surface area contributed by atoms with Crippen molar-refractivity contribution in [2.75, 3.05) is 0 Å². The minimum atomic E-state index is -4.59. The van der Waals surface area contributed by atoms with E-state index >= 15 is 0 Å². The number of sulfone groups is 1. The number of ketones is 1. The van der Waals surface area contributed by atoms with E-state index in [1.54, 1.807) is 0 Å². The monoisotopic (exact) mass is 292 g/mol. The van der Waals surface area contributed by atoms with Gasteiger partial charge < -0.3 is 0 Å². The molecule has 0 bridgehead atoms. The molecule has 2 rings (SSSR count). The van der Waals surface area contributed by atoms with Gasteiger partial charge in [0.25, 0.3) is 0 Å². The minimum absolute atomic E-state index is 0.221. The lowest BCUT2D eigenvalue weighted by molar-refractivity contribution is -0.138. The molecule has 0 saturated carbocycles. The Morgan fingerprint density at radius 1 is 1.37 bits per heavy atom. The molecule has 1 aliphatic heterocycles. The molecule has 0 aromatic heterocycles. The SMILES string of the molecule is CC(=O)CC1Cc2c(C(F)(F)F)cccc2S1(=O)=O. The topological polar surface area (TPSA) is 51.2 Å². The van der Waals surface area contributed by atoms with Crippen LogP contribution in [0.4, 0.5) is 13.2 Å². The second kappa shape index (κ2) is 4.33. The molecule has 0 radical (unpaired) electrons. The van der Waals surface area contributed by atoms with Crippen LogP contribution in [0.1, 0.15) is 24.5 Å². The molecule has 1 unspecified atom stereocenters. The summed E-state index contributed by atoms with van der Waals surface area (Å²) < 4.78 is 62.6. The molecule has 0 N–H and O–H groups in total. The number of carbonyl (C=O) groups is 1. The summed E-state index contributed by atoms with van der Waals surface area (Å²) in [5, 5.41) is -1.08. The Balaban J connectivity index is 2.56. The van der Waals surface area contributed by atoms with Gasteiger partial charge in [-0.15, -0.1) is 0 Å². The molecule has 1 aromatic carbocycles. The number of hydrogen-bond acceptors (Lipinski definition) is 3. The zero-order chi connectivity index (χ0) is 14.4. The zero-order valence-electron chi connectivity index (χ0n) is 9.99. The van der Waals surface area contributed by atoms with Crippen molar-refractivity contribution >= 4 is 15.6 Å². The average Bonchev–Trinajstić information content (AvgIpc) is 2.49. The highest BCUT2D eigenvalue weighted by Crippen LogP contribution is 2.41. The zero-order valence-corrected chi connectivity index (χ0v) is 10.8. The summed E-state index contributed by atoms with van der Waals surface area (Å²) >= 11 is 0. The van der Waals surface area contributed by atoms with E-state index in [0.29, 0.717) is 0 Å². The second-order valence-corrected chi connectivity index (χ2v) is 6.75. The van der Waals surface area contributed by atoms with E-state index in [1.807, 2.05) is 0 Å². The van der Waals surface area contributed by atoms with Crippen LogP contribution >= 0.6 is 0 Å². The van der Waals surface area contributed by atoms with E-state index in [-0.39, 0.29) is 29.1 Å². The van der Waals surface area contributed by atoms with Crippen LogP contribution in [-0.2, 0) is 27.2 Å². The maximum atomic E-state index is 12.8. The maximum Gasteiger partial charge on any atom is 0.416 e. The summed E-state index contributed by atoms with van der Waals surface area (Å²) in [5.41, 5.74) is -1.15. The largest absolute Gasteiger partial charge is 0.416 e. The van der Waals surface area contributed by atoms with Crippen molar-refractivity contribution in [3.63, 3.8) is 0 Å². The van der Waals surface area contributed by atoms with Crippen molar-refractivity contribution in [2.45, 2.75) is 36.1 Å². The fourth-order valence-corrected chi connectivity index (χ4v) is 4.33. The summed E-state index contributed by atoms with van der Waals surface area (Å²) in [6.45, 7) is 1.23. The number of carbonyl (C=O) groups excluding carboxylic acids is 1. The highest BCUT2D eigenvalue weighted by molar-refractivity contribution is 7.92. The van der Waals surface area contributed by atoms with Crippen molar-refractivity contribution in [3.05, 3.63) is 29.3 Å². The molecule has 7 heteroatoms. The lowest BCUT2D eigenvalue weighted by atomic mass is 10.0. The first-order valence-corrected chi connectivity index (χ1v) is 7.11. The quantitative estimate of drug-likeness (QED) is 0.841. The van der Waals surface area contributed by atoms with Crippen LogP contribution in [0, 0.1) is 0 Å². The maximum absolute atomic E-state index is 12.8. The highest BCUT2D eigenvalue weighted by Gasteiger charge is 2.43. The third kappa shape index (κ3) is 2.39. The van der Waals surface area contributed by atoms with E-state index in [9.17, 15) is 26.4 Å². The standard InChI is InChI=1S/C12H11F3O3S/c1-7(16)5-8-6-9-10(12(13,14)15)3-2-4-11(9)19(8,17)18/h2-4,8H,5-6H2,1H3. The molecule has 1 atom stereocenters. The number of rotatable bonds is 2. The van der Waals surface area contributed by atoms with E-state index in [2.05, 4.69) is 0 Å². The van der Waals surface area contributed by atoms with Gasteiger partial charge in [0, 0.05) is 6.42 Å². The van der Waals surface area contributed by atoms with Gasteiger partial charge in [0.2, 0.25) is 0 Å². The van der Waals surface area contributed by atoms with E-state index in [1.165, 1.54) is 13.0 Å². The van der Waals surface area contributed by atoms with Crippen molar-refractivity contribution < 1.29 is 26.4 Å². The molecule has 1 aromatic rings. The molecule has 19 heavy (non-hydrogen) atoms. The van der Waals surface area contributed by atoms with Crippen molar-refractivity contribution in [2.24, 2.45) is 0 Å². The van der Waals surface area contributed by atoms with E-state index in [0.717, 1.165) is 12.1 Å². The molecule has 0 fully saturated rings. The van der Waals surface area contributed by atoms with Crippen LogP contribution in [0.5, 0.6) is 0 Å². The third-order valence-electron chi connectivity index (χ3n) is 3.13. The van der Waals surface area contributed by atoms with Crippen LogP contribution in [-0.4, -0.2) is 19.5 Å². The van der Waals surface area contributed by atoms with Gasteiger partial charge >= 0.3 is 6.18 Å². The van der Waals surface area contributed by atoms with Gasteiger partial charge in [0.05, 0.1) is 15.7 Å². The Hall–Kier alpha value is -1.37. The fraction of sp³-hybridized carbons (Fsp3) is 0.417. The number of Topliss-reactive ketones (excluding diaryl/α,β-unsaturated/α-hetero) is 1. The Kier molecular flexibility index (Phi) is 3.20. The van der Waals surface area contributed by atoms with E-state index in [4.69, 9.17) is 0 Å². The fourth-order valence-electron chi connectivity index (χ4n) is 2.33. The molecular formula is C12H11F3O3S. The summed E-state index contributed by atoms with van der Waals surface area (Å²) in [6, 6.07) is 3.11. The minimum Gasteiger partial charge on any atom is -0.300 e. The predicted molar refractivity (Wildman–Crippen MR) is 61.4 cm³/mol. The molecule has 0 spiro atoms. The third-order valence-corrected chi connectivity index (χ3v) is 5.34. The summed E-state index contributed by atoms with van der Waals surface area (Å²) in [7, 11) is -3.85. The highest BCUT2D eigenvalue weighted by atomic mass is 32.2. The van der Waals surface area contributed by atoms with Gasteiger partial charge in [0.1, 0.15) is 5.78 Å². The molecule has 0 amide bonds. The van der Waals surface area contributed by atoms with Gasteiger partial charge in [-0.25, -0.2) is 8.42 Å². The lowest BCUT2D eigenvalue weighted by Crippen LogP contribution is -2.19. The number of hydrogen-bond donors (Lipinski definition) is 0. The second-order valence-electron chi connectivity index (χ2n) is 4.56.